The summed E-state index contributed by atoms with van der Waals surface area (Å²) in [5.74, 6) is -2.60. The van der Waals surface area contributed by atoms with Crippen LogP contribution in [0.25, 0.3) is 0 Å². The van der Waals surface area contributed by atoms with Crippen LogP contribution in [-0.4, -0.2) is 42.2 Å². The van der Waals surface area contributed by atoms with Gasteiger partial charge in [0.25, 0.3) is 0 Å². The molecular weight excluding hydrogens is 290 g/mol. The third-order valence-corrected chi connectivity index (χ3v) is 2.68. The van der Waals surface area contributed by atoms with Crippen molar-refractivity contribution in [3.05, 3.63) is 35.9 Å². The lowest BCUT2D eigenvalue weighted by molar-refractivity contribution is -0.151. The summed E-state index contributed by atoms with van der Waals surface area (Å²) in [7, 11) is 0. The molecule has 1 aromatic rings. The number of esters is 1. The summed E-state index contributed by atoms with van der Waals surface area (Å²) in [5.41, 5.74) is 0.795. The largest absolute Gasteiger partial charge is 0.480 e. The van der Waals surface area contributed by atoms with Gasteiger partial charge in [-0.3, -0.25) is 9.59 Å². The highest BCUT2D eigenvalue weighted by atomic mass is 16.5. The Hall–Kier alpha value is -2.41. The Balaban J connectivity index is 2.43. The second-order valence-corrected chi connectivity index (χ2v) is 4.45. The van der Waals surface area contributed by atoms with E-state index < -0.39 is 30.3 Å². The Kier molecular flexibility index (Phi) is 7.63. The minimum atomic E-state index is -1.34. The van der Waals surface area contributed by atoms with Crippen molar-refractivity contribution in [1.29, 1.82) is 0 Å². The second-order valence-electron chi connectivity index (χ2n) is 4.45. The van der Waals surface area contributed by atoms with Crippen molar-refractivity contribution in [2.24, 2.45) is 0 Å². The van der Waals surface area contributed by atoms with E-state index in [1.807, 2.05) is 6.07 Å². The van der Waals surface area contributed by atoms with Gasteiger partial charge in [0.2, 0.25) is 5.91 Å². The van der Waals surface area contributed by atoms with Crippen LogP contribution in [0.3, 0.4) is 0 Å². The summed E-state index contributed by atoms with van der Waals surface area (Å²) >= 11 is 0. The van der Waals surface area contributed by atoms with Crippen LogP contribution in [0.1, 0.15) is 18.9 Å². The van der Waals surface area contributed by atoms with Crippen molar-refractivity contribution >= 4 is 17.8 Å². The number of aliphatic carboxylic acids is 1. The zero-order valence-corrected chi connectivity index (χ0v) is 12.3. The topological polar surface area (TPSA) is 102 Å². The molecule has 0 aliphatic rings. The molecule has 1 rings (SSSR count). The molecule has 0 unspecified atom stereocenters. The van der Waals surface area contributed by atoms with Crippen LogP contribution in [0.2, 0.25) is 0 Å². The van der Waals surface area contributed by atoms with Gasteiger partial charge in [-0.2, -0.15) is 0 Å². The average Bonchev–Trinajstić information content (AvgIpc) is 2.51. The van der Waals surface area contributed by atoms with E-state index in [9.17, 15) is 14.4 Å². The molecule has 7 nitrogen and oxygen atoms in total. The van der Waals surface area contributed by atoms with Crippen molar-refractivity contribution in [3.8, 4) is 0 Å². The molecule has 2 N–H and O–H groups in total. The van der Waals surface area contributed by atoms with E-state index in [-0.39, 0.29) is 13.2 Å². The summed E-state index contributed by atoms with van der Waals surface area (Å²) in [6.07, 6.45) is -0.444. The molecule has 0 radical (unpaired) electrons. The van der Waals surface area contributed by atoms with Crippen molar-refractivity contribution in [3.63, 3.8) is 0 Å². The third kappa shape index (κ3) is 6.85. The summed E-state index contributed by atoms with van der Waals surface area (Å²) < 4.78 is 9.85. The van der Waals surface area contributed by atoms with Gasteiger partial charge in [0.15, 0.2) is 0 Å². The Morgan fingerprint density at radius 3 is 2.50 bits per heavy atom. The maximum Gasteiger partial charge on any atom is 0.326 e. The predicted molar refractivity (Wildman–Crippen MR) is 76.9 cm³/mol. The molecule has 1 atom stereocenters. The van der Waals surface area contributed by atoms with Crippen molar-refractivity contribution in [2.45, 2.75) is 26.0 Å². The van der Waals surface area contributed by atoms with Gasteiger partial charge in [-0.25, -0.2) is 4.79 Å². The Morgan fingerprint density at radius 1 is 1.23 bits per heavy atom. The molecule has 0 bridgehead atoms. The first-order valence-electron chi connectivity index (χ1n) is 6.82. The quantitative estimate of drug-likeness (QED) is 0.652. The molecule has 0 saturated heterocycles. The number of nitrogens with one attached hydrogen (secondary N) is 1. The predicted octanol–water partition coefficient (Wildman–Crippen LogP) is 0.726. The number of carboxylic acid groups (broad SMARTS) is 1. The first kappa shape index (κ1) is 17.6. The number of rotatable bonds is 9. The SMILES string of the molecule is CCOCC(=O)N[C@@H](CC(=O)OCc1ccccc1)C(=O)O. The molecular formula is C15H19NO6. The highest BCUT2D eigenvalue weighted by Gasteiger charge is 2.24. The zero-order valence-electron chi connectivity index (χ0n) is 12.3. The maximum absolute atomic E-state index is 11.7. The summed E-state index contributed by atoms with van der Waals surface area (Å²) in [6, 6.07) is 7.67. The van der Waals surface area contributed by atoms with E-state index in [4.69, 9.17) is 14.6 Å². The molecule has 0 aromatic heterocycles. The highest BCUT2D eigenvalue weighted by molar-refractivity contribution is 5.87. The summed E-state index contributed by atoms with van der Waals surface area (Å²) in [6.45, 7) is 1.85. The fourth-order valence-corrected chi connectivity index (χ4v) is 1.59. The van der Waals surface area contributed by atoms with Gasteiger partial charge in [0, 0.05) is 6.61 Å². The maximum atomic E-state index is 11.7. The molecule has 120 valence electrons. The molecule has 0 saturated carbocycles. The number of ether oxygens (including phenoxy) is 2. The van der Waals surface area contributed by atoms with Gasteiger partial charge < -0.3 is 19.9 Å². The van der Waals surface area contributed by atoms with Crippen molar-refractivity contribution < 1.29 is 29.0 Å². The molecule has 0 aliphatic carbocycles. The van der Waals surface area contributed by atoms with Gasteiger partial charge in [0.05, 0.1) is 6.42 Å². The molecule has 0 fully saturated rings. The van der Waals surface area contributed by atoms with E-state index in [1.165, 1.54) is 0 Å². The van der Waals surface area contributed by atoms with Crippen LogP contribution < -0.4 is 5.32 Å². The lowest BCUT2D eigenvalue weighted by atomic mass is 10.2. The molecule has 1 aromatic carbocycles. The Labute approximate surface area is 128 Å². The lowest BCUT2D eigenvalue weighted by Gasteiger charge is -2.14. The summed E-state index contributed by atoms with van der Waals surface area (Å²) in [4.78, 5) is 34.1. The van der Waals surface area contributed by atoms with E-state index in [1.54, 1.807) is 31.2 Å². The summed E-state index contributed by atoms with van der Waals surface area (Å²) in [5, 5.41) is 11.2. The van der Waals surface area contributed by atoms with Crippen LogP contribution in [0.15, 0.2) is 30.3 Å². The van der Waals surface area contributed by atoms with Gasteiger partial charge in [0.1, 0.15) is 19.3 Å². The minimum absolute atomic E-state index is 0.0545. The fourth-order valence-electron chi connectivity index (χ4n) is 1.59. The first-order valence-corrected chi connectivity index (χ1v) is 6.82. The van der Waals surface area contributed by atoms with Crippen molar-refractivity contribution in [2.75, 3.05) is 13.2 Å². The Morgan fingerprint density at radius 2 is 1.91 bits per heavy atom. The average molecular weight is 309 g/mol. The van der Waals surface area contributed by atoms with Gasteiger partial charge >= 0.3 is 11.9 Å². The molecule has 0 heterocycles. The monoisotopic (exact) mass is 309 g/mol. The van der Waals surface area contributed by atoms with Crippen LogP contribution in [-0.2, 0) is 30.5 Å². The van der Waals surface area contributed by atoms with E-state index in [0.717, 1.165) is 5.56 Å². The van der Waals surface area contributed by atoms with E-state index in [0.29, 0.717) is 6.61 Å². The minimum Gasteiger partial charge on any atom is -0.480 e. The fraction of sp³-hybridized carbons (Fsp3) is 0.400. The van der Waals surface area contributed by atoms with Crippen LogP contribution in [0.5, 0.6) is 0 Å². The normalized spacial score (nSPS) is 11.5. The van der Waals surface area contributed by atoms with Crippen LogP contribution >= 0.6 is 0 Å². The van der Waals surface area contributed by atoms with Crippen molar-refractivity contribution in [1.82, 2.24) is 5.32 Å². The van der Waals surface area contributed by atoms with Crippen LogP contribution in [0, 0.1) is 0 Å². The zero-order chi connectivity index (χ0) is 16.4. The number of amides is 1. The standard InChI is InChI=1S/C15H19NO6/c1-2-21-10-13(17)16-12(15(19)20)8-14(18)22-9-11-6-4-3-5-7-11/h3-7,12H,2,8-10H2,1H3,(H,16,17)(H,19,20)/t12-/m0/s1. The highest BCUT2D eigenvalue weighted by Crippen LogP contribution is 2.03. The molecule has 1 amide bonds. The number of hydrogen-bond acceptors (Lipinski definition) is 5. The number of benzene rings is 1. The molecule has 7 heteroatoms. The number of hydrogen-bond donors (Lipinski definition) is 2. The van der Waals surface area contributed by atoms with E-state index >= 15 is 0 Å². The number of carbonyl (C=O) groups excluding carboxylic acids is 2. The third-order valence-electron chi connectivity index (χ3n) is 2.68. The molecule has 0 aliphatic heterocycles. The first-order chi connectivity index (χ1) is 10.5. The smallest absolute Gasteiger partial charge is 0.326 e. The van der Waals surface area contributed by atoms with Crippen LogP contribution in [0.4, 0.5) is 0 Å². The number of carbonyl (C=O) groups is 3. The van der Waals surface area contributed by atoms with Gasteiger partial charge in [-0.15, -0.1) is 0 Å². The van der Waals surface area contributed by atoms with Gasteiger partial charge in [-0.05, 0) is 12.5 Å². The lowest BCUT2D eigenvalue weighted by Crippen LogP contribution is -2.44. The van der Waals surface area contributed by atoms with E-state index in [2.05, 4.69) is 5.32 Å². The van der Waals surface area contributed by atoms with Gasteiger partial charge in [-0.1, -0.05) is 30.3 Å². The second kappa shape index (κ2) is 9.51. The Bertz CT molecular complexity index is 502. The molecule has 0 spiro atoms. The number of carboxylic acids is 1. The molecule has 22 heavy (non-hydrogen) atoms.